The number of aromatic nitrogens is 1. The molecule has 1 aliphatic rings. The molecule has 2 heterocycles. The van der Waals surface area contributed by atoms with Gasteiger partial charge < -0.3 is 18.8 Å². The quantitative estimate of drug-likeness (QED) is 0.540. The molecule has 0 unspecified atom stereocenters. The first-order chi connectivity index (χ1) is 13.8. The fraction of sp³-hybridized carbons (Fsp3) is 0.667. The summed E-state index contributed by atoms with van der Waals surface area (Å²) in [5.74, 6) is 0.0452. The number of pyridine rings is 1. The third-order valence-corrected chi connectivity index (χ3v) is 5.32. The molecule has 31 heavy (non-hydrogen) atoms. The fourth-order valence-electron chi connectivity index (χ4n) is 2.58. The van der Waals surface area contributed by atoms with E-state index in [2.05, 4.69) is 20.9 Å². The van der Waals surface area contributed by atoms with Gasteiger partial charge in [-0.25, -0.2) is 14.6 Å². The normalized spacial score (nSPS) is 18.0. The predicted molar refractivity (Wildman–Crippen MR) is 123 cm³/mol. The largest absolute Gasteiger partial charge is 0.496 e. The van der Waals surface area contributed by atoms with Crippen molar-refractivity contribution < 1.29 is 28.4 Å². The van der Waals surface area contributed by atoms with Gasteiger partial charge in [-0.05, 0) is 91.2 Å². The second-order valence-corrected chi connectivity index (χ2v) is 11.3. The van der Waals surface area contributed by atoms with E-state index < -0.39 is 41.7 Å². The molecule has 0 radical (unpaired) electrons. The Bertz CT molecular complexity index is 816. The summed E-state index contributed by atoms with van der Waals surface area (Å²) in [4.78, 5) is 30.8. The minimum Gasteiger partial charge on any atom is -0.443 e. The topological polar surface area (TPSA) is 87.2 Å². The summed E-state index contributed by atoms with van der Waals surface area (Å²) in [6.07, 6.45) is -0.277. The molecule has 8 nitrogen and oxygen atoms in total. The molecular formula is C21H32BBrN2O6. The van der Waals surface area contributed by atoms with Crippen molar-refractivity contribution in [2.45, 2.75) is 91.6 Å². The fourth-order valence-corrected chi connectivity index (χ4v) is 3.12. The summed E-state index contributed by atoms with van der Waals surface area (Å²) in [5.41, 5.74) is -2.01. The molecule has 1 fully saturated rings. The first-order valence-corrected chi connectivity index (χ1v) is 10.9. The first kappa shape index (κ1) is 25.6. The lowest BCUT2D eigenvalue weighted by Crippen LogP contribution is -2.44. The lowest BCUT2D eigenvalue weighted by atomic mass is 9.80. The molecule has 0 saturated carbocycles. The second-order valence-electron chi connectivity index (χ2n) is 10.5. The highest BCUT2D eigenvalue weighted by molar-refractivity contribution is 9.10. The maximum absolute atomic E-state index is 12.8. The summed E-state index contributed by atoms with van der Waals surface area (Å²) in [6, 6.07) is 1.70. The Balaban J connectivity index is 2.41. The van der Waals surface area contributed by atoms with Gasteiger partial charge in [0.25, 0.3) is 0 Å². The van der Waals surface area contributed by atoms with Crippen molar-refractivity contribution in [1.29, 1.82) is 0 Å². The molecule has 0 aliphatic carbocycles. The van der Waals surface area contributed by atoms with E-state index in [1.165, 1.54) is 6.20 Å². The van der Waals surface area contributed by atoms with Crippen LogP contribution in [0.4, 0.5) is 15.4 Å². The summed E-state index contributed by atoms with van der Waals surface area (Å²) >= 11 is 3.42. The lowest BCUT2D eigenvalue weighted by molar-refractivity contribution is 0.00578. The van der Waals surface area contributed by atoms with Crippen molar-refractivity contribution >= 4 is 46.5 Å². The van der Waals surface area contributed by atoms with Crippen LogP contribution in [0.2, 0.25) is 0 Å². The van der Waals surface area contributed by atoms with Crippen LogP contribution in [-0.2, 0) is 18.8 Å². The maximum Gasteiger partial charge on any atom is 0.496 e. The van der Waals surface area contributed by atoms with Gasteiger partial charge >= 0.3 is 19.3 Å². The van der Waals surface area contributed by atoms with Crippen molar-refractivity contribution in [2.24, 2.45) is 0 Å². The monoisotopic (exact) mass is 498 g/mol. The standard InChI is InChI=1S/C21H32BBrN2O6/c1-18(2,3)28-16(26)25(17(27)29-19(4,5)6)15-14(23)11-13(12-24-15)22-30-20(7,8)21(9,10)31-22/h11-12H,1-10H3. The van der Waals surface area contributed by atoms with Crippen LogP contribution in [0.1, 0.15) is 69.2 Å². The molecule has 2 rings (SSSR count). The highest BCUT2D eigenvalue weighted by Crippen LogP contribution is 2.37. The van der Waals surface area contributed by atoms with E-state index in [9.17, 15) is 9.59 Å². The van der Waals surface area contributed by atoms with E-state index in [1.54, 1.807) is 47.6 Å². The molecule has 10 heteroatoms. The average molecular weight is 499 g/mol. The Labute approximate surface area is 193 Å². The Morgan fingerprint density at radius 3 is 1.74 bits per heavy atom. The summed E-state index contributed by atoms with van der Waals surface area (Å²) in [6.45, 7) is 18.1. The zero-order valence-corrected chi connectivity index (χ0v) is 21.5. The van der Waals surface area contributed by atoms with Crippen LogP contribution in [0.15, 0.2) is 16.7 Å². The number of halogens is 1. The molecule has 0 bridgehead atoms. The highest BCUT2D eigenvalue weighted by atomic mass is 79.9. The number of nitrogens with zero attached hydrogens (tertiary/aromatic N) is 2. The van der Waals surface area contributed by atoms with Gasteiger partial charge in [-0.1, -0.05) is 0 Å². The number of imide groups is 1. The van der Waals surface area contributed by atoms with Gasteiger partial charge in [0.05, 0.1) is 15.7 Å². The average Bonchev–Trinajstić information content (AvgIpc) is 2.73. The number of carbonyl (C=O) groups excluding carboxylic acids is 2. The van der Waals surface area contributed by atoms with Crippen LogP contribution >= 0.6 is 15.9 Å². The number of ether oxygens (including phenoxy) is 2. The number of rotatable bonds is 2. The number of hydrogen-bond donors (Lipinski definition) is 0. The van der Waals surface area contributed by atoms with Gasteiger partial charge in [-0.2, -0.15) is 4.90 Å². The summed E-state index contributed by atoms with van der Waals surface area (Å²) in [5, 5.41) is 0. The van der Waals surface area contributed by atoms with E-state index in [0.29, 0.717) is 9.94 Å². The number of anilines is 1. The van der Waals surface area contributed by atoms with Crippen molar-refractivity contribution in [3.63, 3.8) is 0 Å². The third kappa shape index (κ3) is 6.20. The molecule has 0 atom stereocenters. The molecule has 1 aromatic heterocycles. The van der Waals surface area contributed by atoms with Gasteiger partial charge in [-0.15, -0.1) is 0 Å². The Morgan fingerprint density at radius 1 is 0.968 bits per heavy atom. The van der Waals surface area contributed by atoms with E-state index in [1.807, 2.05) is 27.7 Å². The maximum atomic E-state index is 12.8. The van der Waals surface area contributed by atoms with Gasteiger partial charge in [0.2, 0.25) is 0 Å². The third-order valence-electron chi connectivity index (χ3n) is 4.73. The van der Waals surface area contributed by atoms with E-state index in [-0.39, 0.29) is 5.82 Å². The van der Waals surface area contributed by atoms with Crippen molar-refractivity contribution in [3.8, 4) is 0 Å². The lowest BCUT2D eigenvalue weighted by Gasteiger charge is -2.32. The first-order valence-electron chi connectivity index (χ1n) is 10.1. The Morgan fingerprint density at radius 2 is 1.39 bits per heavy atom. The molecule has 2 amide bonds. The van der Waals surface area contributed by atoms with E-state index in [0.717, 1.165) is 4.90 Å². The number of carbonyl (C=O) groups is 2. The predicted octanol–water partition coefficient (Wildman–Crippen LogP) is 4.82. The zero-order valence-electron chi connectivity index (χ0n) is 20.0. The van der Waals surface area contributed by atoms with Crippen LogP contribution in [0.5, 0.6) is 0 Å². The van der Waals surface area contributed by atoms with Gasteiger partial charge in [0, 0.05) is 11.7 Å². The molecule has 1 aromatic rings. The molecule has 0 N–H and O–H groups in total. The van der Waals surface area contributed by atoms with Crippen LogP contribution < -0.4 is 10.4 Å². The van der Waals surface area contributed by atoms with E-state index >= 15 is 0 Å². The molecular weight excluding hydrogens is 467 g/mol. The summed E-state index contributed by atoms with van der Waals surface area (Å²) < 4.78 is 23.3. The van der Waals surface area contributed by atoms with Crippen LogP contribution in [0.3, 0.4) is 0 Å². The molecule has 1 aliphatic heterocycles. The molecule has 0 spiro atoms. The van der Waals surface area contributed by atoms with Gasteiger partial charge in [0.1, 0.15) is 11.2 Å². The minimum absolute atomic E-state index is 0.0452. The molecule has 172 valence electrons. The second kappa shape index (κ2) is 8.37. The van der Waals surface area contributed by atoms with Crippen molar-refractivity contribution in [2.75, 3.05) is 4.90 Å². The van der Waals surface area contributed by atoms with Crippen molar-refractivity contribution in [1.82, 2.24) is 4.98 Å². The summed E-state index contributed by atoms with van der Waals surface area (Å²) in [7, 11) is -0.639. The van der Waals surface area contributed by atoms with E-state index in [4.69, 9.17) is 18.8 Å². The zero-order chi connectivity index (χ0) is 24.0. The smallest absolute Gasteiger partial charge is 0.443 e. The molecule has 0 aromatic carbocycles. The van der Waals surface area contributed by atoms with Crippen LogP contribution in [0, 0.1) is 0 Å². The van der Waals surface area contributed by atoms with Gasteiger partial charge in [0.15, 0.2) is 5.82 Å². The Hall–Kier alpha value is -1.65. The number of amides is 2. The number of hydrogen-bond acceptors (Lipinski definition) is 7. The Kier molecular flexibility index (Phi) is 6.91. The SMILES string of the molecule is CC(C)(C)OC(=O)N(C(=O)OC(C)(C)C)c1ncc(B2OC(C)(C)C(C)(C)O2)cc1Br. The van der Waals surface area contributed by atoms with Crippen LogP contribution in [-0.4, -0.2) is 46.7 Å². The highest BCUT2D eigenvalue weighted by Gasteiger charge is 2.52. The minimum atomic E-state index is -0.890. The van der Waals surface area contributed by atoms with Crippen LogP contribution in [0.25, 0.3) is 0 Å². The van der Waals surface area contributed by atoms with Crippen molar-refractivity contribution in [3.05, 3.63) is 16.7 Å². The van der Waals surface area contributed by atoms with Gasteiger partial charge in [-0.3, -0.25) is 0 Å². The molecule has 1 saturated heterocycles.